The topological polar surface area (TPSA) is 84.1 Å². The zero-order chi connectivity index (χ0) is 20.4. The number of amides is 1. The van der Waals surface area contributed by atoms with Crippen LogP contribution in [0.5, 0.6) is 5.75 Å². The van der Waals surface area contributed by atoms with Gasteiger partial charge < -0.3 is 15.0 Å². The summed E-state index contributed by atoms with van der Waals surface area (Å²) in [5.74, 6) is 0.991. The molecule has 148 valence electrons. The van der Waals surface area contributed by atoms with Gasteiger partial charge in [0.05, 0.1) is 12.7 Å². The van der Waals surface area contributed by atoms with Crippen molar-refractivity contribution >= 4 is 39.4 Å². The van der Waals surface area contributed by atoms with E-state index in [0.29, 0.717) is 28.0 Å². The number of aromatic nitrogens is 2. The molecule has 0 saturated carbocycles. The molecular formula is C21H18BrN3O3S. The lowest BCUT2D eigenvalue weighted by Gasteiger charge is -2.25. The van der Waals surface area contributed by atoms with Gasteiger partial charge in [-0.3, -0.25) is 9.59 Å². The van der Waals surface area contributed by atoms with Crippen molar-refractivity contribution in [3.8, 4) is 5.75 Å². The van der Waals surface area contributed by atoms with Crippen molar-refractivity contribution in [1.82, 2.24) is 9.97 Å². The molecule has 0 saturated heterocycles. The van der Waals surface area contributed by atoms with E-state index in [1.807, 2.05) is 48.5 Å². The van der Waals surface area contributed by atoms with Crippen LogP contribution in [0.15, 0.2) is 63.0 Å². The van der Waals surface area contributed by atoms with Crippen molar-refractivity contribution in [3.63, 3.8) is 0 Å². The van der Waals surface area contributed by atoms with Crippen molar-refractivity contribution in [2.45, 2.75) is 23.2 Å². The van der Waals surface area contributed by atoms with E-state index in [0.717, 1.165) is 15.6 Å². The van der Waals surface area contributed by atoms with E-state index in [9.17, 15) is 9.59 Å². The summed E-state index contributed by atoms with van der Waals surface area (Å²) in [7, 11) is 1.57. The summed E-state index contributed by atoms with van der Waals surface area (Å²) in [6.45, 7) is 0. The highest BCUT2D eigenvalue weighted by molar-refractivity contribution is 9.10. The van der Waals surface area contributed by atoms with Gasteiger partial charge in [-0.2, -0.15) is 0 Å². The van der Waals surface area contributed by atoms with E-state index >= 15 is 0 Å². The number of carbonyl (C=O) groups excluding carboxylic acids is 1. The van der Waals surface area contributed by atoms with Gasteiger partial charge in [0.25, 0.3) is 5.56 Å². The molecule has 1 aliphatic rings. The molecule has 0 radical (unpaired) electrons. The monoisotopic (exact) mass is 471 g/mol. The van der Waals surface area contributed by atoms with Gasteiger partial charge in [-0.1, -0.05) is 58.0 Å². The number of carbonyl (C=O) groups is 1. The van der Waals surface area contributed by atoms with Gasteiger partial charge in [-0.15, -0.1) is 0 Å². The zero-order valence-electron chi connectivity index (χ0n) is 15.6. The van der Waals surface area contributed by atoms with Crippen molar-refractivity contribution in [1.29, 1.82) is 0 Å². The Labute approximate surface area is 180 Å². The van der Waals surface area contributed by atoms with Gasteiger partial charge in [0.15, 0.2) is 5.16 Å². The number of fused-ring (bicyclic) bond motifs is 1. The minimum absolute atomic E-state index is 0.154. The number of hydrogen-bond donors (Lipinski definition) is 2. The van der Waals surface area contributed by atoms with Crippen LogP contribution in [0.4, 0.5) is 5.82 Å². The molecule has 3 aromatic rings. The van der Waals surface area contributed by atoms with Gasteiger partial charge in [0.2, 0.25) is 5.91 Å². The van der Waals surface area contributed by atoms with Gasteiger partial charge >= 0.3 is 0 Å². The summed E-state index contributed by atoms with van der Waals surface area (Å²) in [6.07, 6.45) is 0.154. The number of ether oxygens (including phenoxy) is 1. The number of halogens is 1. The van der Waals surface area contributed by atoms with Crippen LogP contribution in [0.3, 0.4) is 0 Å². The number of H-pyrrole nitrogens is 1. The van der Waals surface area contributed by atoms with Crippen LogP contribution in [0.1, 0.15) is 29.0 Å². The summed E-state index contributed by atoms with van der Waals surface area (Å²) in [5, 5.41) is 3.23. The van der Waals surface area contributed by atoms with Crippen LogP contribution >= 0.6 is 27.7 Å². The molecule has 29 heavy (non-hydrogen) atoms. The Hall–Kier alpha value is -2.58. The van der Waals surface area contributed by atoms with Gasteiger partial charge in [-0.25, -0.2) is 4.98 Å². The van der Waals surface area contributed by atoms with Crippen LogP contribution in [-0.2, 0) is 10.5 Å². The van der Waals surface area contributed by atoms with Crippen LogP contribution in [0.25, 0.3) is 0 Å². The Morgan fingerprint density at radius 3 is 2.76 bits per heavy atom. The molecule has 8 heteroatoms. The number of rotatable bonds is 5. The van der Waals surface area contributed by atoms with E-state index < -0.39 is 5.92 Å². The second-order valence-electron chi connectivity index (χ2n) is 6.60. The molecule has 0 spiro atoms. The molecule has 2 N–H and O–H groups in total. The molecule has 0 bridgehead atoms. The fourth-order valence-electron chi connectivity index (χ4n) is 3.39. The van der Waals surface area contributed by atoms with Gasteiger partial charge in [0, 0.05) is 28.1 Å². The maximum atomic E-state index is 13.0. The predicted octanol–water partition coefficient (Wildman–Crippen LogP) is 4.31. The maximum absolute atomic E-state index is 13.0. The van der Waals surface area contributed by atoms with Gasteiger partial charge in [-0.05, 0) is 23.8 Å². The molecule has 1 aromatic heterocycles. The number of aromatic amines is 1. The first kappa shape index (κ1) is 19.7. The molecule has 0 unspecified atom stereocenters. The Kier molecular flexibility index (Phi) is 5.73. The first-order valence-electron chi connectivity index (χ1n) is 8.99. The quantitative estimate of drug-likeness (QED) is 0.427. The molecule has 1 amide bonds. The normalized spacial score (nSPS) is 15.5. The highest BCUT2D eigenvalue weighted by Crippen LogP contribution is 2.39. The third kappa shape index (κ3) is 4.23. The Morgan fingerprint density at radius 1 is 1.21 bits per heavy atom. The number of anilines is 1. The van der Waals surface area contributed by atoms with Crippen LogP contribution in [0, 0.1) is 0 Å². The Bertz CT molecular complexity index is 1120. The van der Waals surface area contributed by atoms with Crippen LogP contribution in [0.2, 0.25) is 0 Å². The summed E-state index contributed by atoms with van der Waals surface area (Å²) in [6, 6.07) is 15.5. The number of nitrogens with one attached hydrogen (secondary N) is 2. The molecule has 1 aliphatic heterocycles. The molecule has 6 nitrogen and oxygen atoms in total. The third-order valence-electron chi connectivity index (χ3n) is 4.71. The molecular weight excluding hydrogens is 454 g/mol. The predicted molar refractivity (Wildman–Crippen MR) is 117 cm³/mol. The van der Waals surface area contributed by atoms with E-state index in [1.54, 1.807) is 7.11 Å². The molecule has 1 atom stereocenters. The van der Waals surface area contributed by atoms with Gasteiger partial charge in [0.1, 0.15) is 11.6 Å². The molecule has 4 rings (SSSR count). The summed E-state index contributed by atoms with van der Waals surface area (Å²) >= 11 is 4.88. The van der Waals surface area contributed by atoms with E-state index in [4.69, 9.17) is 4.74 Å². The molecule has 2 aromatic carbocycles. The third-order valence-corrected chi connectivity index (χ3v) is 6.15. The first-order valence-corrected chi connectivity index (χ1v) is 10.8. The number of hydrogen-bond acceptors (Lipinski definition) is 5. The maximum Gasteiger partial charge on any atom is 0.257 e. The number of benzene rings is 2. The minimum atomic E-state index is -0.435. The highest BCUT2D eigenvalue weighted by atomic mass is 79.9. The number of methoxy groups -OCH3 is 1. The molecule has 0 aliphatic carbocycles. The lowest BCUT2D eigenvalue weighted by Crippen LogP contribution is -2.31. The van der Waals surface area contributed by atoms with E-state index in [-0.39, 0.29) is 17.9 Å². The largest absolute Gasteiger partial charge is 0.496 e. The van der Waals surface area contributed by atoms with Crippen molar-refractivity contribution in [2.24, 2.45) is 0 Å². The average molecular weight is 472 g/mol. The second kappa shape index (κ2) is 8.42. The fraction of sp³-hybridized carbons (Fsp3) is 0.190. The lowest BCUT2D eigenvalue weighted by molar-refractivity contribution is -0.116. The lowest BCUT2D eigenvalue weighted by atomic mass is 9.86. The molecule has 2 heterocycles. The van der Waals surface area contributed by atoms with E-state index in [2.05, 4.69) is 31.2 Å². The number of thioether (sulfide) groups is 1. The molecule has 0 fully saturated rings. The van der Waals surface area contributed by atoms with Crippen LogP contribution in [-0.4, -0.2) is 23.0 Å². The van der Waals surface area contributed by atoms with E-state index in [1.165, 1.54) is 11.8 Å². The van der Waals surface area contributed by atoms with Crippen molar-refractivity contribution in [3.05, 3.63) is 80.0 Å². The summed E-state index contributed by atoms with van der Waals surface area (Å²) in [4.78, 5) is 32.7. The van der Waals surface area contributed by atoms with Crippen LogP contribution < -0.4 is 15.6 Å². The Morgan fingerprint density at radius 2 is 2.00 bits per heavy atom. The van der Waals surface area contributed by atoms with Crippen molar-refractivity contribution < 1.29 is 9.53 Å². The second-order valence-corrected chi connectivity index (χ2v) is 8.48. The standard InChI is InChI=1S/C21H18BrN3O3S/c1-28-16-8-7-13(22)9-14(16)15-10-17(26)23-19-18(15)20(27)25-21(24-19)29-11-12-5-3-2-4-6-12/h2-9,15H,10-11H2,1H3,(H2,23,24,25,26,27)/t15-/m0/s1. The average Bonchev–Trinajstić information content (AvgIpc) is 2.72. The zero-order valence-corrected chi connectivity index (χ0v) is 18.0. The minimum Gasteiger partial charge on any atom is -0.496 e. The summed E-state index contributed by atoms with van der Waals surface area (Å²) in [5.41, 5.74) is 2.09. The fourth-order valence-corrected chi connectivity index (χ4v) is 4.58. The summed E-state index contributed by atoms with van der Waals surface area (Å²) < 4.78 is 6.31. The Balaban J connectivity index is 1.71. The SMILES string of the molecule is COc1ccc(Br)cc1[C@@H]1CC(=O)Nc2nc(SCc3ccccc3)[nH]c(=O)c21. The smallest absolute Gasteiger partial charge is 0.257 e. The first-order chi connectivity index (χ1) is 14.0. The van der Waals surface area contributed by atoms with Crippen molar-refractivity contribution in [2.75, 3.05) is 12.4 Å². The number of nitrogens with zero attached hydrogens (tertiary/aromatic N) is 1. The highest BCUT2D eigenvalue weighted by Gasteiger charge is 2.32.